The van der Waals surface area contributed by atoms with Gasteiger partial charge in [0.2, 0.25) is 5.91 Å². The Morgan fingerprint density at radius 3 is 2.73 bits per heavy atom. The van der Waals surface area contributed by atoms with E-state index in [0.717, 1.165) is 22.6 Å². The third-order valence-electron chi connectivity index (χ3n) is 3.74. The predicted molar refractivity (Wildman–Crippen MR) is 100 cm³/mol. The SMILES string of the molecule is Cc1cccc(OCc2nnc(SCC(=O)Nc3ccccc3)o2)c1C. The number of nitrogens with zero attached hydrogens (tertiary/aromatic N) is 2. The molecule has 0 aliphatic carbocycles. The average molecular weight is 369 g/mol. The third-order valence-corrected chi connectivity index (χ3v) is 4.56. The topological polar surface area (TPSA) is 77.2 Å². The number of hydrogen-bond donors (Lipinski definition) is 1. The van der Waals surface area contributed by atoms with Crippen molar-refractivity contribution < 1.29 is 13.9 Å². The molecule has 3 rings (SSSR count). The molecule has 7 heteroatoms. The normalized spacial score (nSPS) is 10.5. The van der Waals surface area contributed by atoms with Crippen molar-refractivity contribution in [2.75, 3.05) is 11.1 Å². The van der Waals surface area contributed by atoms with Crippen LogP contribution in [0.1, 0.15) is 17.0 Å². The van der Waals surface area contributed by atoms with E-state index in [9.17, 15) is 4.79 Å². The van der Waals surface area contributed by atoms with E-state index in [1.54, 1.807) is 0 Å². The fourth-order valence-electron chi connectivity index (χ4n) is 2.22. The molecule has 0 aliphatic rings. The molecular weight excluding hydrogens is 350 g/mol. The van der Waals surface area contributed by atoms with E-state index in [1.807, 2.05) is 62.4 Å². The van der Waals surface area contributed by atoms with Gasteiger partial charge >= 0.3 is 0 Å². The summed E-state index contributed by atoms with van der Waals surface area (Å²) in [6.45, 7) is 4.23. The van der Waals surface area contributed by atoms with Crippen molar-refractivity contribution in [3.05, 3.63) is 65.5 Å². The second-order valence-corrected chi connectivity index (χ2v) is 6.58. The number of benzene rings is 2. The summed E-state index contributed by atoms with van der Waals surface area (Å²) >= 11 is 1.19. The van der Waals surface area contributed by atoms with Gasteiger partial charge in [0.25, 0.3) is 11.1 Å². The lowest BCUT2D eigenvalue weighted by Gasteiger charge is -2.08. The fraction of sp³-hybridized carbons (Fsp3) is 0.211. The van der Waals surface area contributed by atoms with Gasteiger partial charge in [0.05, 0.1) is 5.75 Å². The molecule has 0 saturated heterocycles. The van der Waals surface area contributed by atoms with Gasteiger partial charge in [-0.1, -0.05) is 42.1 Å². The second kappa shape index (κ2) is 8.53. The zero-order valence-electron chi connectivity index (χ0n) is 14.6. The Bertz CT molecular complexity index is 881. The first-order valence-corrected chi connectivity index (χ1v) is 9.09. The highest BCUT2D eigenvalue weighted by atomic mass is 32.2. The van der Waals surface area contributed by atoms with Gasteiger partial charge < -0.3 is 14.5 Å². The monoisotopic (exact) mass is 369 g/mol. The average Bonchev–Trinajstić information content (AvgIpc) is 3.10. The van der Waals surface area contributed by atoms with E-state index in [4.69, 9.17) is 9.15 Å². The molecule has 0 aliphatic heterocycles. The molecule has 1 amide bonds. The Morgan fingerprint density at radius 2 is 1.92 bits per heavy atom. The molecule has 1 N–H and O–H groups in total. The third kappa shape index (κ3) is 4.86. The van der Waals surface area contributed by atoms with Gasteiger partial charge in [-0.2, -0.15) is 0 Å². The molecule has 0 atom stereocenters. The molecule has 0 unspecified atom stereocenters. The minimum Gasteiger partial charge on any atom is -0.484 e. The first-order chi connectivity index (χ1) is 12.6. The number of carbonyl (C=O) groups excluding carboxylic acids is 1. The smallest absolute Gasteiger partial charge is 0.277 e. The van der Waals surface area contributed by atoms with Crippen molar-refractivity contribution in [1.82, 2.24) is 10.2 Å². The highest BCUT2D eigenvalue weighted by Gasteiger charge is 2.11. The highest BCUT2D eigenvalue weighted by molar-refractivity contribution is 7.99. The van der Waals surface area contributed by atoms with Crippen LogP contribution in [0.3, 0.4) is 0 Å². The molecule has 1 heterocycles. The summed E-state index contributed by atoms with van der Waals surface area (Å²) in [6.07, 6.45) is 0. The van der Waals surface area contributed by atoms with Crippen molar-refractivity contribution >= 4 is 23.4 Å². The van der Waals surface area contributed by atoms with Crippen LogP contribution in [-0.4, -0.2) is 21.9 Å². The van der Waals surface area contributed by atoms with E-state index < -0.39 is 0 Å². The molecular formula is C19H19N3O3S. The maximum atomic E-state index is 11.9. The first kappa shape index (κ1) is 18.0. The Balaban J connectivity index is 1.48. The second-order valence-electron chi connectivity index (χ2n) is 5.65. The number of hydrogen-bond acceptors (Lipinski definition) is 6. The summed E-state index contributed by atoms with van der Waals surface area (Å²) in [5, 5.41) is 11.0. The number of nitrogens with one attached hydrogen (secondary N) is 1. The summed E-state index contributed by atoms with van der Waals surface area (Å²) in [4.78, 5) is 11.9. The molecule has 0 saturated carbocycles. The quantitative estimate of drug-likeness (QED) is 0.635. The van der Waals surface area contributed by atoms with E-state index in [-0.39, 0.29) is 18.3 Å². The summed E-state index contributed by atoms with van der Waals surface area (Å²) in [7, 11) is 0. The number of para-hydroxylation sites is 1. The van der Waals surface area contributed by atoms with Crippen LogP contribution in [0.5, 0.6) is 5.75 Å². The molecule has 134 valence electrons. The van der Waals surface area contributed by atoms with Crippen LogP contribution in [-0.2, 0) is 11.4 Å². The van der Waals surface area contributed by atoms with E-state index in [1.165, 1.54) is 11.8 Å². The standard InChI is InChI=1S/C19H19N3O3S/c1-13-7-6-10-16(14(13)2)24-11-18-21-22-19(25-18)26-12-17(23)20-15-8-4-3-5-9-15/h3-10H,11-12H2,1-2H3,(H,20,23). The van der Waals surface area contributed by atoms with Gasteiger partial charge in [0.1, 0.15) is 5.75 Å². The Hall–Kier alpha value is -2.80. The minimum atomic E-state index is -0.132. The summed E-state index contributed by atoms with van der Waals surface area (Å²) in [5.74, 6) is 1.22. The van der Waals surface area contributed by atoms with Gasteiger partial charge in [0, 0.05) is 5.69 Å². The van der Waals surface area contributed by atoms with Crippen molar-refractivity contribution in [3.63, 3.8) is 0 Å². The highest BCUT2D eigenvalue weighted by Crippen LogP contribution is 2.22. The molecule has 3 aromatic rings. The van der Waals surface area contributed by atoms with Crippen LogP contribution >= 0.6 is 11.8 Å². The maximum Gasteiger partial charge on any atom is 0.277 e. The zero-order chi connectivity index (χ0) is 18.4. The van der Waals surface area contributed by atoms with Gasteiger partial charge in [-0.05, 0) is 43.2 Å². The van der Waals surface area contributed by atoms with Crippen molar-refractivity contribution in [3.8, 4) is 5.75 Å². The number of thioether (sulfide) groups is 1. The van der Waals surface area contributed by atoms with Crippen LogP contribution in [0.2, 0.25) is 0 Å². The number of aryl methyl sites for hydroxylation is 1. The van der Waals surface area contributed by atoms with Gasteiger partial charge in [-0.25, -0.2) is 0 Å². The van der Waals surface area contributed by atoms with Crippen LogP contribution < -0.4 is 10.1 Å². The van der Waals surface area contributed by atoms with E-state index in [2.05, 4.69) is 15.5 Å². The number of amides is 1. The summed E-state index contributed by atoms with van der Waals surface area (Å²) in [5.41, 5.74) is 3.00. The van der Waals surface area contributed by atoms with Crippen LogP contribution in [0.15, 0.2) is 58.2 Å². The summed E-state index contributed by atoms with van der Waals surface area (Å²) in [6, 6.07) is 15.2. The molecule has 0 bridgehead atoms. The lowest BCUT2D eigenvalue weighted by atomic mass is 10.1. The lowest BCUT2D eigenvalue weighted by molar-refractivity contribution is -0.113. The van der Waals surface area contributed by atoms with Crippen LogP contribution in [0.4, 0.5) is 5.69 Å². The number of aromatic nitrogens is 2. The molecule has 0 fully saturated rings. The molecule has 2 aromatic carbocycles. The number of rotatable bonds is 7. The van der Waals surface area contributed by atoms with Crippen LogP contribution in [0.25, 0.3) is 0 Å². The van der Waals surface area contributed by atoms with E-state index in [0.29, 0.717) is 11.1 Å². The Labute approximate surface area is 156 Å². The lowest BCUT2D eigenvalue weighted by Crippen LogP contribution is -2.13. The summed E-state index contributed by atoms with van der Waals surface area (Å²) < 4.78 is 11.2. The van der Waals surface area contributed by atoms with E-state index >= 15 is 0 Å². The number of anilines is 1. The fourth-order valence-corrected chi connectivity index (χ4v) is 2.80. The molecule has 0 spiro atoms. The van der Waals surface area contributed by atoms with Crippen molar-refractivity contribution in [2.45, 2.75) is 25.7 Å². The zero-order valence-corrected chi connectivity index (χ0v) is 15.4. The first-order valence-electron chi connectivity index (χ1n) is 8.11. The Morgan fingerprint density at radius 1 is 1.12 bits per heavy atom. The van der Waals surface area contributed by atoms with Crippen molar-refractivity contribution in [1.29, 1.82) is 0 Å². The Kier molecular flexibility index (Phi) is 5.91. The maximum absolute atomic E-state index is 11.9. The minimum absolute atomic E-state index is 0.132. The molecule has 0 radical (unpaired) electrons. The van der Waals surface area contributed by atoms with Crippen molar-refractivity contribution in [2.24, 2.45) is 0 Å². The van der Waals surface area contributed by atoms with Gasteiger partial charge in [-0.15, -0.1) is 10.2 Å². The molecule has 1 aromatic heterocycles. The van der Waals surface area contributed by atoms with Gasteiger partial charge in [0.15, 0.2) is 6.61 Å². The predicted octanol–water partition coefficient (Wildman–Crippen LogP) is 4.00. The molecule has 26 heavy (non-hydrogen) atoms. The van der Waals surface area contributed by atoms with Crippen LogP contribution in [0, 0.1) is 13.8 Å². The largest absolute Gasteiger partial charge is 0.484 e. The van der Waals surface area contributed by atoms with Gasteiger partial charge in [-0.3, -0.25) is 4.79 Å². The number of carbonyl (C=O) groups is 1. The number of ether oxygens (including phenoxy) is 1. The molecule has 6 nitrogen and oxygen atoms in total.